The van der Waals surface area contributed by atoms with E-state index in [1.807, 2.05) is 25.7 Å². The molecule has 0 radical (unpaired) electrons. The molecule has 0 aromatic carbocycles. The molecule has 2 N–H and O–H groups in total. The number of hydrogen-bond acceptors (Lipinski definition) is 4. The maximum Gasteiger partial charge on any atom is 0.293 e. The van der Waals surface area contributed by atoms with Gasteiger partial charge in [0.1, 0.15) is 0 Å². The van der Waals surface area contributed by atoms with E-state index in [-0.39, 0.29) is 11.1 Å². The minimum Gasteiger partial charge on any atom is -0.351 e. The Morgan fingerprint density at radius 2 is 2.05 bits per heavy atom. The summed E-state index contributed by atoms with van der Waals surface area (Å²) in [7, 11) is 0. The zero-order valence-corrected chi connectivity index (χ0v) is 12.7. The average molecular weight is 266 g/mol. The van der Waals surface area contributed by atoms with Crippen molar-refractivity contribution in [2.45, 2.75) is 40.2 Å². The molecule has 0 bridgehead atoms. The highest BCUT2D eigenvalue weighted by Gasteiger charge is 2.20. The second kappa shape index (κ2) is 6.19. The summed E-state index contributed by atoms with van der Waals surface area (Å²) in [5.41, 5.74) is 5.34. The summed E-state index contributed by atoms with van der Waals surface area (Å²) < 4.78 is 1.72. The van der Waals surface area contributed by atoms with Crippen LogP contribution in [0.25, 0.3) is 0 Å². The smallest absolute Gasteiger partial charge is 0.293 e. The van der Waals surface area contributed by atoms with Gasteiger partial charge in [0.05, 0.1) is 0 Å². The molecular formula is C14H26N4O. The molecule has 5 nitrogen and oxygen atoms in total. The standard InChI is InChI=1S/C14H26N4O/c1-11(2)10-17(8-6-15)12-13(19)18(9-7-16-12)14(3,4)5/h7,9,11H,6,8,10,15H2,1-5H3. The van der Waals surface area contributed by atoms with Crippen molar-refractivity contribution in [2.24, 2.45) is 11.7 Å². The van der Waals surface area contributed by atoms with Gasteiger partial charge >= 0.3 is 0 Å². The summed E-state index contributed by atoms with van der Waals surface area (Å²) in [4.78, 5) is 18.8. The number of aromatic nitrogens is 2. The lowest BCUT2D eigenvalue weighted by Crippen LogP contribution is -2.41. The molecule has 0 atom stereocenters. The maximum atomic E-state index is 12.5. The van der Waals surface area contributed by atoms with E-state index in [0.717, 1.165) is 6.54 Å². The normalized spacial score (nSPS) is 11.9. The molecule has 0 aliphatic carbocycles. The number of anilines is 1. The van der Waals surface area contributed by atoms with E-state index in [4.69, 9.17) is 5.73 Å². The molecule has 1 aromatic heterocycles. The van der Waals surface area contributed by atoms with Crippen molar-refractivity contribution in [3.8, 4) is 0 Å². The molecular weight excluding hydrogens is 240 g/mol. The van der Waals surface area contributed by atoms with Crippen LogP contribution in [-0.2, 0) is 5.54 Å². The molecule has 0 saturated heterocycles. The van der Waals surface area contributed by atoms with E-state index >= 15 is 0 Å². The number of hydrogen-bond donors (Lipinski definition) is 1. The van der Waals surface area contributed by atoms with Gasteiger partial charge < -0.3 is 15.2 Å². The van der Waals surface area contributed by atoms with Crippen LogP contribution >= 0.6 is 0 Å². The fourth-order valence-electron chi connectivity index (χ4n) is 2.03. The Morgan fingerprint density at radius 1 is 1.42 bits per heavy atom. The van der Waals surface area contributed by atoms with Crippen molar-refractivity contribution in [2.75, 3.05) is 24.5 Å². The van der Waals surface area contributed by atoms with Crippen molar-refractivity contribution in [3.63, 3.8) is 0 Å². The first-order chi connectivity index (χ1) is 8.77. The van der Waals surface area contributed by atoms with Gasteiger partial charge in [-0.3, -0.25) is 4.79 Å². The lowest BCUT2D eigenvalue weighted by Gasteiger charge is -2.27. The van der Waals surface area contributed by atoms with Crippen LogP contribution in [0.15, 0.2) is 17.2 Å². The van der Waals surface area contributed by atoms with Crippen molar-refractivity contribution in [1.29, 1.82) is 0 Å². The summed E-state index contributed by atoms with van der Waals surface area (Å²) >= 11 is 0. The molecule has 0 unspecified atom stereocenters. The van der Waals surface area contributed by atoms with Crippen LogP contribution in [0.3, 0.4) is 0 Å². The molecule has 0 spiro atoms. The summed E-state index contributed by atoms with van der Waals surface area (Å²) in [6, 6.07) is 0. The fourth-order valence-corrected chi connectivity index (χ4v) is 2.03. The molecule has 108 valence electrons. The third-order valence-corrected chi connectivity index (χ3v) is 2.83. The Morgan fingerprint density at radius 3 is 2.53 bits per heavy atom. The van der Waals surface area contributed by atoms with Gasteiger partial charge in [-0.15, -0.1) is 0 Å². The largest absolute Gasteiger partial charge is 0.351 e. The second-order valence-corrected chi connectivity index (χ2v) is 6.23. The fraction of sp³-hybridized carbons (Fsp3) is 0.714. The van der Waals surface area contributed by atoms with Gasteiger partial charge in [0.15, 0.2) is 5.82 Å². The number of rotatable bonds is 5. The van der Waals surface area contributed by atoms with Gasteiger partial charge in [0, 0.05) is 37.6 Å². The van der Waals surface area contributed by atoms with Crippen LogP contribution in [0.4, 0.5) is 5.82 Å². The highest BCUT2D eigenvalue weighted by Crippen LogP contribution is 2.13. The number of nitrogens with two attached hydrogens (primary N) is 1. The third-order valence-electron chi connectivity index (χ3n) is 2.83. The first kappa shape index (κ1) is 15.7. The Bertz CT molecular complexity index is 459. The van der Waals surface area contributed by atoms with E-state index in [9.17, 15) is 4.79 Å². The lowest BCUT2D eigenvalue weighted by molar-refractivity contribution is 0.382. The molecule has 0 amide bonds. The monoisotopic (exact) mass is 266 g/mol. The van der Waals surface area contributed by atoms with E-state index in [1.54, 1.807) is 17.0 Å². The van der Waals surface area contributed by atoms with Gasteiger partial charge in [-0.2, -0.15) is 0 Å². The summed E-state index contributed by atoms with van der Waals surface area (Å²) in [5, 5.41) is 0. The maximum absolute atomic E-state index is 12.5. The predicted octanol–water partition coefficient (Wildman–Crippen LogP) is 1.42. The lowest BCUT2D eigenvalue weighted by atomic mass is 10.1. The molecule has 19 heavy (non-hydrogen) atoms. The highest BCUT2D eigenvalue weighted by atomic mass is 16.1. The Kier molecular flexibility index (Phi) is 5.11. The minimum absolute atomic E-state index is 0.0518. The molecule has 0 fully saturated rings. The van der Waals surface area contributed by atoms with Gasteiger partial charge in [0.25, 0.3) is 5.56 Å². The van der Waals surface area contributed by atoms with Crippen molar-refractivity contribution >= 4 is 5.82 Å². The van der Waals surface area contributed by atoms with Crippen LogP contribution in [0.5, 0.6) is 0 Å². The van der Waals surface area contributed by atoms with Gasteiger partial charge in [-0.25, -0.2) is 4.98 Å². The summed E-state index contributed by atoms with van der Waals surface area (Å²) in [6.45, 7) is 12.2. The zero-order valence-electron chi connectivity index (χ0n) is 12.7. The molecule has 1 aromatic rings. The third kappa shape index (κ3) is 4.06. The highest BCUT2D eigenvalue weighted by molar-refractivity contribution is 5.36. The Balaban J connectivity index is 3.21. The number of nitrogens with zero attached hydrogens (tertiary/aromatic N) is 3. The summed E-state index contributed by atoms with van der Waals surface area (Å²) in [6.07, 6.45) is 3.42. The first-order valence-corrected chi connectivity index (χ1v) is 6.80. The summed E-state index contributed by atoms with van der Waals surface area (Å²) in [5.74, 6) is 0.951. The van der Waals surface area contributed by atoms with E-state index in [2.05, 4.69) is 18.8 Å². The first-order valence-electron chi connectivity index (χ1n) is 6.80. The van der Waals surface area contributed by atoms with Crippen LogP contribution < -0.4 is 16.2 Å². The molecule has 0 aliphatic rings. The van der Waals surface area contributed by atoms with Crippen molar-refractivity contribution < 1.29 is 0 Å². The topological polar surface area (TPSA) is 64.2 Å². The van der Waals surface area contributed by atoms with Gasteiger partial charge in [-0.1, -0.05) is 13.8 Å². The minimum atomic E-state index is -0.249. The zero-order chi connectivity index (χ0) is 14.6. The SMILES string of the molecule is CC(C)CN(CCN)c1nccn(C(C)(C)C)c1=O. The van der Waals surface area contributed by atoms with Crippen LogP contribution in [0.1, 0.15) is 34.6 Å². The molecule has 0 saturated carbocycles. The Hall–Kier alpha value is -1.36. The van der Waals surface area contributed by atoms with Crippen LogP contribution in [-0.4, -0.2) is 29.2 Å². The Labute approximate surface area is 115 Å². The molecule has 5 heteroatoms. The van der Waals surface area contributed by atoms with E-state index < -0.39 is 0 Å². The predicted molar refractivity (Wildman–Crippen MR) is 79.6 cm³/mol. The van der Waals surface area contributed by atoms with E-state index in [1.165, 1.54) is 0 Å². The molecule has 0 aliphatic heterocycles. The average Bonchev–Trinajstić information content (AvgIpc) is 2.26. The molecule has 1 heterocycles. The van der Waals surface area contributed by atoms with E-state index in [0.29, 0.717) is 24.8 Å². The second-order valence-electron chi connectivity index (χ2n) is 6.23. The molecule has 1 rings (SSSR count). The van der Waals surface area contributed by atoms with Crippen molar-refractivity contribution in [3.05, 3.63) is 22.7 Å². The quantitative estimate of drug-likeness (QED) is 0.875. The van der Waals surface area contributed by atoms with Crippen LogP contribution in [0, 0.1) is 5.92 Å². The van der Waals surface area contributed by atoms with Crippen LogP contribution in [0.2, 0.25) is 0 Å². The van der Waals surface area contributed by atoms with Gasteiger partial charge in [0.2, 0.25) is 0 Å². The van der Waals surface area contributed by atoms with Gasteiger partial charge in [-0.05, 0) is 26.7 Å². The van der Waals surface area contributed by atoms with Crippen molar-refractivity contribution in [1.82, 2.24) is 9.55 Å².